The summed E-state index contributed by atoms with van der Waals surface area (Å²) in [5, 5.41) is 8.18. The Morgan fingerprint density at radius 3 is 2.38 bits per heavy atom. The zero-order valence-corrected chi connectivity index (χ0v) is 20.6. The van der Waals surface area contributed by atoms with Crippen LogP contribution in [0.5, 0.6) is 5.75 Å². The van der Waals surface area contributed by atoms with Crippen molar-refractivity contribution in [3.63, 3.8) is 0 Å². The van der Waals surface area contributed by atoms with Gasteiger partial charge in [0, 0.05) is 35.1 Å². The highest BCUT2D eigenvalue weighted by atomic mass is 35.5. The van der Waals surface area contributed by atoms with Gasteiger partial charge in [-0.1, -0.05) is 72.3 Å². The third-order valence-electron chi connectivity index (χ3n) is 6.50. The first kappa shape index (κ1) is 23.0. The largest absolute Gasteiger partial charge is 0.489 e. The number of rotatable bonds is 7. The van der Waals surface area contributed by atoms with Crippen molar-refractivity contribution in [2.45, 2.75) is 19.2 Å². The van der Waals surface area contributed by atoms with Gasteiger partial charge in [0.1, 0.15) is 18.1 Å². The number of aromatic amines is 1. The number of H-pyrrole nitrogens is 1. The number of ether oxygens (including phenoxy) is 1. The summed E-state index contributed by atoms with van der Waals surface area (Å²) in [6.45, 7) is 0.911. The van der Waals surface area contributed by atoms with Gasteiger partial charge in [-0.3, -0.25) is 14.9 Å². The lowest BCUT2D eigenvalue weighted by atomic mass is 9.96. The molecule has 1 aliphatic heterocycles. The van der Waals surface area contributed by atoms with Gasteiger partial charge in [-0.25, -0.2) is 0 Å². The van der Waals surface area contributed by atoms with E-state index in [0.717, 1.165) is 39.3 Å². The highest BCUT2D eigenvalue weighted by Gasteiger charge is 2.42. The number of nitrogens with one attached hydrogen (secondary N) is 1. The van der Waals surface area contributed by atoms with Gasteiger partial charge in [0.2, 0.25) is 0 Å². The van der Waals surface area contributed by atoms with Crippen LogP contribution in [0.25, 0.3) is 11.3 Å². The zero-order valence-electron chi connectivity index (χ0n) is 19.8. The molecule has 6 rings (SSSR count). The van der Waals surface area contributed by atoms with Gasteiger partial charge in [0.15, 0.2) is 0 Å². The monoisotopic (exact) mass is 506 g/mol. The molecule has 0 fully saturated rings. The van der Waals surface area contributed by atoms with Crippen LogP contribution in [-0.2, 0) is 13.2 Å². The average Bonchev–Trinajstić information content (AvgIpc) is 3.48. The summed E-state index contributed by atoms with van der Waals surface area (Å²) in [6.07, 6.45) is 3.52. The number of hydrogen-bond donors (Lipinski definition) is 1. The highest BCUT2D eigenvalue weighted by Crippen LogP contribution is 2.43. The van der Waals surface area contributed by atoms with Crippen LogP contribution in [0.2, 0.25) is 5.02 Å². The number of carbonyl (C=O) groups is 1. The minimum Gasteiger partial charge on any atom is -0.489 e. The summed E-state index contributed by atoms with van der Waals surface area (Å²) in [6, 6.07) is 29.0. The Kier molecular flexibility index (Phi) is 6.16. The molecule has 1 atom stereocenters. The second-order valence-electron chi connectivity index (χ2n) is 8.91. The van der Waals surface area contributed by atoms with E-state index in [1.807, 2.05) is 95.9 Å². The molecule has 7 heteroatoms. The molecule has 3 aromatic carbocycles. The van der Waals surface area contributed by atoms with E-state index in [1.54, 1.807) is 12.4 Å². The minimum atomic E-state index is -0.324. The van der Waals surface area contributed by atoms with Gasteiger partial charge in [-0.15, -0.1) is 0 Å². The van der Waals surface area contributed by atoms with Crippen LogP contribution in [0.4, 0.5) is 0 Å². The molecule has 0 saturated heterocycles. The fourth-order valence-electron chi connectivity index (χ4n) is 4.71. The number of aromatic nitrogens is 3. The third-order valence-corrected chi connectivity index (χ3v) is 6.75. The number of fused-ring (bicyclic) bond motifs is 1. The average molecular weight is 507 g/mol. The lowest BCUT2D eigenvalue weighted by Crippen LogP contribution is -2.29. The van der Waals surface area contributed by atoms with Crippen LogP contribution in [-0.4, -0.2) is 26.0 Å². The van der Waals surface area contributed by atoms with Crippen LogP contribution >= 0.6 is 11.6 Å². The second kappa shape index (κ2) is 9.91. The van der Waals surface area contributed by atoms with E-state index in [4.69, 9.17) is 16.3 Å². The Hall–Kier alpha value is -4.42. The Morgan fingerprint density at radius 2 is 1.65 bits per heavy atom. The number of halogens is 1. The van der Waals surface area contributed by atoms with Crippen LogP contribution < -0.4 is 4.74 Å². The predicted molar refractivity (Wildman–Crippen MR) is 142 cm³/mol. The molecule has 5 aromatic rings. The number of amides is 1. The smallest absolute Gasteiger partial charge is 0.273 e. The van der Waals surface area contributed by atoms with Crippen molar-refractivity contribution in [2.75, 3.05) is 0 Å². The molecule has 0 spiro atoms. The van der Waals surface area contributed by atoms with Crippen LogP contribution in [0.15, 0.2) is 103 Å². The molecule has 0 bridgehead atoms. The van der Waals surface area contributed by atoms with Gasteiger partial charge in [0.05, 0.1) is 11.7 Å². The van der Waals surface area contributed by atoms with Crippen molar-refractivity contribution >= 4 is 17.5 Å². The predicted octanol–water partition coefficient (Wildman–Crippen LogP) is 6.45. The van der Waals surface area contributed by atoms with Crippen LogP contribution in [0.1, 0.15) is 38.8 Å². The molecule has 2 aromatic heterocycles. The van der Waals surface area contributed by atoms with E-state index in [9.17, 15) is 4.79 Å². The highest BCUT2D eigenvalue weighted by molar-refractivity contribution is 6.30. The van der Waals surface area contributed by atoms with Gasteiger partial charge >= 0.3 is 0 Å². The van der Waals surface area contributed by atoms with Gasteiger partial charge in [-0.05, 0) is 47.0 Å². The maximum absolute atomic E-state index is 13.6. The first-order valence-electron chi connectivity index (χ1n) is 12.0. The Bertz CT molecular complexity index is 1520. The maximum atomic E-state index is 13.6. The van der Waals surface area contributed by atoms with E-state index < -0.39 is 0 Å². The lowest BCUT2D eigenvalue weighted by Gasteiger charge is -2.26. The van der Waals surface area contributed by atoms with Crippen molar-refractivity contribution in [3.8, 4) is 17.0 Å². The standard InChI is InChI=1S/C30H23ClN4O2/c31-24-12-8-22(9-13-24)27-26-28(34-33-27)30(36)35(18-21-7-4-16-32-17-21)29(26)23-10-14-25(15-11-23)37-19-20-5-2-1-3-6-20/h1-17,29H,18-19H2,(H,33,34). The third kappa shape index (κ3) is 4.59. The molecule has 1 amide bonds. The fourth-order valence-corrected chi connectivity index (χ4v) is 4.84. The van der Waals surface area contributed by atoms with Crippen molar-refractivity contribution in [1.82, 2.24) is 20.1 Å². The number of pyridine rings is 1. The molecule has 182 valence electrons. The van der Waals surface area contributed by atoms with Gasteiger partial charge in [-0.2, -0.15) is 5.10 Å². The van der Waals surface area contributed by atoms with Gasteiger partial charge < -0.3 is 9.64 Å². The van der Waals surface area contributed by atoms with Gasteiger partial charge in [0.25, 0.3) is 5.91 Å². The quantitative estimate of drug-likeness (QED) is 0.275. The number of carbonyl (C=O) groups excluding carboxylic acids is 1. The van der Waals surface area contributed by atoms with E-state index in [1.165, 1.54) is 0 Å². The summed E-state index contributed by atoms with van der Waals surface area (Å²) < 4.78 is 5.99. The number of benzene rings is 3. The molecule has 1 N–H and O–H groups in total. The summed E-state index contributed by atoms with van der Waals surface area (Å²) in [7, 11) is 0. The van der Waals surface area contributed by atoms with Crippen molar-refractivity contribution < 1.29 is 9.53 Å². The first-order valence-corrected chi connectivity index (χ1v) is 12.4. The van der Waals surface area contributed by atoms with E-state index in [-0.39, 0.29) is 11.9 Å². The molecular weight excluding hydrogens is 484 g/mol. The van der Waals surface area contributed by atoms with Crippen molar-refractivity contribution in [1.29, 1.82) is 0 Å². The first-order chi connectivity index (χ1) is 18.2. The number of hydrogen-bond acceptors (Lipinski definition) is 4. The Labute approximate surface area is 219 Å². The SMILES string of the molecule is O=C1c2[nH]nc(-c3ccc(Cl)cc3)c2C(c2ccc(OCc3ccccc3)cc2)N1Cc1cccnc1. The topological polar surface area (TPSA) is 71.1 Å². The molecule has 0 saturated carbocycles. The molecule has 3 heterocycles. The molecule has 0 radical (unpaired) electrons. The molecule has 6 nitrogen and oxygen atoms in total. The van der Waals surface area contributed by atoms with Crippen LogP contribution in [0, 0.1) is 0 Å². The van der Waals surface area contributed by atoms with E-state index in [2.05, 4.69) is 15.2 Å². The number of nitrogens with zero attached hydrogens (tertiary/aromatic N) is 3. The zero-order chi connectivity index (χ0) is 25.2. The fraction of sp³-hybridized carbons (Fsp3) is 0.100. The summed E-state index contributed by atoms with van der Waals surface area (Å²) >= 11 is 6.12. The van der Waals surface area contributed by atoms with Crippen molar-refractivity contribution in [3.05, 3.63) is 136 Å². The van der Waals surface area contributed by atoms with Crippen molar-refractivity contribution in [2.24, 2.45) is 0 Å². The molecule has 1 unspecified atom stereocenters. The Balaban J connectivity index is 1.36. The van der Waals surface area contributed by atoms with Crippen LogP contribution in [0.3, 0.4) is 0 Å². The van der Waals surface area contributed by atoms with E-state index >= 15 is 0 Å². The summed E-state index contributed by atoms with van der Waals surface area (Å²) in [5.41, 5.74) is 6.02. The maximum Gasteiger partial charge on any atom is 0.273 e. The molecule has 37 heavy (non-hydrogen) atoms. The Morgan fingerprint density at radius 1 is 0.892 bits per heavy atom. The molecule has 1 aliphatic rings. The summed E-state index contributed by atoms with van der Waals surface area (Å²) in [5.74, 6) is 0.669. The van der Waals surface area contributed by atoms with E-state index in [0.29, 0.717) is 23.9 Å². The molecule has 0 aliphatic carbocycles. The normalized spacial score (nSPS) is 14.6. The molecular formula is C30H23ClN4O2. The second-order valence-corrected chi connectivity index (χ2v) is 9.34. The minimum absolute atomic E-state index is 0.0963. The summed E-state index contributed by atoms with van der Waals surface area (Å²) in [4.78, 5) is 19.7. The lowest BCUT2D eigenvalue weighted by molar-refractivity contribution is 0.0730.